The monoisotopic (exact) mass is 545 g/mol. The maximum Gasteiger partial charge on any atom is 0.243 e. The van der Waals surface area contributed by atoms with Gasteiger partial charge >= 0.3 is 0 Å². The molecule has 10 heteroatoms. The summed E-state index contributed by atoms with van der Waals surface area (Å²) in [4.78, 5) is 28.3. The molecule has 2 aromatic rings. The first-order chi connectivity index (χ1) is 17.8. The minimum absolute atomic E-state index is 0.0850. The molecule has 0 saturated carbocycles. The van der Waals surface area contributed by atoms with Crippen LogP contribution in [0.15, 0.2) is 42.5 Å². The Kier molecular flexibility index (Phi) is 9.30. The van der Waals surface area contributed by atoms with Crippen LogP contribution < -0.4 is 19.1 Å². The third kappa shape index (κ3) is 7.86. The number of benzene rings is 2. The van der Waals surface area contributed by atoms with Crippen LogP contribution in [0.4, 0.5) is 5.69 Å². The minimum Gasteiger partial charge on any atom is -0.454 e. The molecule has 1 heterocycles. The zero-order chi connectivity index (χ0) is 28.1. The van der Waals surface area contributed by atoms with Gasteiger partial charge in [0.1, 0.15) is 6.04 Å². The van der Waals surface area contributed by atoms with E-state index in [2.05, 4.69) is 5.32 Å². The fraction of sp³-hybridized carbons (Fsp3) is 0.500. The molecule has 0 saturated heterocycles. The number of rotatable bonds is 11. The summed E-state index contributed by atoms with van der Waals surface area (Å²) in [5, 5.41) is 3.00. The van der Waals surface area contributed by atoms with Crippen LogP contribution in [0.2, 0.25) is 0 Å². The lowest BCUT2D eigenvalue weighted by Crippen LogP contribution is -2.53. The predicted molar refractivity (Wildman–Crippen MR) is 148 cm³/mol. The van der Waals surface area contributed by atoms with Crippen LogP contribution in [-0.2, 0) is 26.2 Å². The molecule has 0 bridgehead atoms. The number of carbonyl (C=O) groups is 2. The summed E-state index contributed by atoms with van der Waals surface area (Å²) in [6, 6.07) is 12.1. The van der Waals surface area contributed by atoms with Gasteiger partial charge in [-0.1, -0.05) is 36.8 Å². The number of anilines is 1. The van der Waals surface area contributed by atoms with E-state index in [0.29, 0.717) is 23.6 Å². The Bertz CT molecular complexity index is 1260. The van der Waals surface area contributed by atoms with Gasteiger partial charge in [0.15, 0.2) is 11.5 Å². The van der Waals surface area contributed by atoms with Crippen molar-refractivity contribution in [2.24, 2.45) is 0 Å². The molecule has 0 spiro atoms. The Hall–Kier alpha value is -3.27. The van der Waals surface area contributed by atoms with Crippen molar-refractivity contribution in [1.82, 2.24) is 10.2 Å². The lowest BCUT2D eigenvalue weighted by molar-refractivity contribution is -0.142. The van der Waals surface area contributed by atoms with Crippen molar-refractivity contribution in [3.63, 3.8) is 0 Å². The lowest BCUT2D eigenvalue weighted by atomic mass is 10.0. The zero-order valence-corrected chi connectivity index (χ0v) is 23.9. The van der Waals surface area contributed by atoms with Crippen molar-refractivity contribution in [3.05, 3.63) is 53.6 Å². The average molecular weight is 546 g/mol. The van der Waals surface area contributed by atoms with E-state index in [9.17, 15) is 18.0 Å². The summed E-state index contributed by atoms with van der Waals surface area (Å²) < 4.78 is 37.2. The number of amides is 2. The molecule has 2 aromatic carbocycles. The van der Waals surface area contributed by atoms with Crippen LogP contribution in [0.25, 0.3) is 0 Å². The van der Waals surface area contributed by atoms with E-state index >= 15 is 0 Å². The number of fused-ring (bicyclic) bond motifs is 1. The molecular formula is C28H39N3O6S. The summed E-state index contributed by atoms with van der Waals surface area (Å²) in [6.45, 7) is 10.1. The predicted octanol–water partition coefficient (Wildman–Crippen LogP) is 3.99. The third-order valence-electron chi connectivity index (χ3n) is 6.12. The molecule has 38 heavy (non-hydrogen) atoms. The number of nitrogens with zero attached hydrogens (tertiary/aromatic N) is 2. The van der Waals surface area contributed by atoms with Crippen molar-refractivity contribution < 1.29 is 27.5 Å². The van der Waals surface area contributed by atoms with Gasteiger partial charge in [-0.3, -0.25) is 13.9 Å². The van der Waals surface area contributed by atoms with Gasteiger partial charge in [-0.25, -0.2) is 8.42 Å². The van der Waals surface area contributed by atoms with E-state index in [-0.39, 0.29) is 44.5 Å². The molecular weight excluding hydrogens is 506 g/mol. The Balaban J connectivity index is 1.78. The molecule has 9 nitrogen and oxygen atoms in total. The number of nitrogens with one attached hydrogen (secondary N) is 1. The Morgan fingerprint density at radius 1 is 1.08 bits per heavy atom. The molecule has 1 aliphatic rings. The smallest absolute Gasteiger partial charge is 0.243 e. The molecule has 1 aliphatic heterocycles. The molecule has 3 rings (SSSR count). The lowest BCUT2D eigenvalue weighted by Gasteiger charge is -2.33. The second-order valence-corrected chi connectivity index (χ2v) is 12.6. The molecule has 0 aromatic heterocycles. The van der Waals surface area contributed by atoms with Crippen LogP contribution in [0.1, 0.15) is 58.1 Å². The standard InChI is InChI=1S/C28H39N3O6S/c1-7-23(27(33)29-28(3,4)5)30(18-21-11-8-10-20(2)16-21)26(32)12-9-15-31(38(6,34)35)22-13-14-24-25(17-22)37-19-36-24/h8,10-11,13-14,16-17,23H,7,9,12,15,18-19H2,1-6H3,(H,29,33)/t23-/m1/s1. The van der Waals surface area contributed by atoms with E-state index in [1.165, 1.54) is 4.31 Å². The first-order valence-corrected chi connectivity index (χ1v) is 14.7. The van der Waals surface area contributed by atoms with Crippen molar-refractivity contribution in [3.8, 4) is 11.5 Å². The largest absolute Gasteiger partial charge is 0.454 e. The van der Waals surface area contributed by atoms with E-state index in [1.807, 2.05) is 58.9 Å². The van der Waals surface area contributed by atoms with E-state index in [4.69, 9.17) is 9.47 Å². The Morgan fingerprint density at radius 2 is 1.79 bits per heavy atom. The quantitative estimate of drug-likeness (QED) is 0.458. The summed E-state index contributed by atoms with van der Waals surface area (Å²) >= 11 is 0. The van der Waals surface area contributed by atoms with Crippen LogP contribution in [0.5, 0.6) is 11.5 Å². The van der Waals surface area contributed by atoms with Gasteiger partial charge in [0.2, 0.25) is 28.6 Å². The van der Waals surface area contributed by atoms with E-state index in [1.54, 1.807) is 23.1 Å². The maximum absolute atomic E-state index is 13.6. The molecule has 208 valence electrons. The molecule has 2 amide bonds. The van der Waals surface area contributed by atoms with Gasteiger partial charge in [-0.05, 0) is 58.2 Å². The van der Waals surface area contributed by atoms with E-state index in [0.717, 1.165) is 17.4 Å². The van der Waals surface area contributed by atoms with Crippen molar-refractivity contribution in [2.45, 2.75) is 72.0 Å². The summed E-state index contributed by atoms with van der Waals surface area (Å²) in [5.74, 6) is 0.621. The van der Waals surface area contributed by atoms with Gasteiger partial charge in [0, 0.05) is 31.1 Å². The molecule has 0 unspecified atom stereocenters. The van der Waals surface area contributed by atoms with Crippen molar-refractivity contribution in [2.75, 3.05) is 23.9 Å². The van der Waals surface area contributed by atoms with Gasteiger partial charge in [-0.2, -0.15) is 0 Å². The summed E-state index contributed by atoms with van der Waals surface area (Å²) in [6.07, 6.45) is 1.95. The fourth-order valence-electron chi connectivity index (χ4n) is 4.42. The van der Waals surface area contributed by atoms with Crippen molar-refractivity contribution in [1.29, 1.82) is 0 Å². The number of carbonyl (C=O) groups excluding carboxylic acids is 2. The fourth-order valence-corrected chi connectivity index (χ4v) is 5.38. The normalized spacial score (nSPS) is 13.6. The summed E-state index contributed by atoms with van der Waals surface area (Å²) in [7, 11) is -3.61. The molecule has 1 N–H and O–H groups in total. The maximum atomic E-state index is 13.6. The van der Waals surface area contributed by atoms with Crippen molar-refractivity contribution >= 4 is 27.5 Å². The topological polar surface area (TPSA) is 105 Å². The van der Waals surface area contributed by atoms with Gasteiger partial charge < -0.3 is 19.7 Å². The first-order valence-electron chi connectivity index (χ1n) is 12.8. The second-order valence-electron chi connectivity index (χ2n) is 10.7. The zero-order valence-electron chi connectivity index (χ0n) is 23.1. The van der Waals surface area contributed by atoms with Crippen LogP contribution in [-0.4, -0.2) is 56.3 Å². The highest BCUT2D eigenvalue weighted by Crippen LogP contribution is 2.36. The molecule has 0 aliphatic carbocycles. The number of hydrogen-bond donors (Lipinski definition) is 1. The molecule has 0 fully saturated rings. The highest BCUT2D eigenvalue weighted by Gasteiger charge is 2.31. The summed E-state index contributed by atoms with van der Waals surface area (Å²) in [5.41, 5.74) is 1.99. The number of ether oxygens (including phenoxy) is 2. The van der Waals surface area contributed by atoms with Crippen LogP contribution in [0, 0.1) is 6.92 Å². The van der Waals surface area contributed by atoms with E-state index < -0.39 is 21.6 Å². The van der Waals surface area contributed by atoms with Gasteiger partial charge in [0.05, 0.1) is 11.9 Å². The average Bonchev–Trinajstić information content (AvgIpc) is 3.27. The van der Waals surface area contributed by atoms with Crippen LogP contribution >= 0.6 is 0 Å². The minimum atomic E-state index is -3.61. The molecule has 0 radical (unpaired) electrons. The molecule has 1 atom stereocenters. The second kappa shape index (κ2) is 12.1. The number of hydrogen-bond acceptors (Lipinski definition) is 6. The number of aryl methyl sites for hydroxylation is 1. The number of sulfonamides is 1. The first kappa shape index (κ1) is 29.3. The highest BCUT2D eigenvalue weighted by atomic mass is 32.2. The van der Waals surface area contributed by atoms with Gasteiger partial charge in [-0.15, -0.1) is 0 Å². The Labute approximate surface area is 226 Å². The highest BCUT2D eigenvalue weighted by molar-refractivity contribution is 7.92. The third-order valence-corrected chi connectivity index (χ3v) is 7.31. The van der Waals surface area contributed by atoms with Crippen LogP contribution in [0.3, 0.4) is 0 Å². The van der Waals surface area contributed by atoms with Gasteiger partial charge in [0.25, 0.3) is 0 Å². The Morgan fingerprint density at radius 3 is 2.42 bits per heavy atom. The SMILES string of the molecule is CC[C@H](C(=O)NC(C)(C)C)N(Cc1cccc(C)c1)C(=O)CCCN(c1ccc2c(c1)OCO2)S(C)(=O)=O.